The number of fused-ring (bicyclic) bond motifs is 2. The number of sulfone groups is 2. The minimum atomic E-state index is -3.22. The van der Waals surface area contributed by atoms with E-state index in [0.717, 1.165) is 89.9 Å². The lowest BCUT2D eigenvalue weighted by Gasteiger charge is -2.31. The van der Waals surface area contributed by atoms with Crippen LogP contribution in [-0.2, 0) is 19.7 Å². The van der Waals surface area contributed by atoms with Crippen LogP contribution >= 0.6 is 38.6 Å². The number of thiazole rings is 2. The summed E-state index contributed by atoms with van der Waals surface area (Å²) in [6.07, 6.45) is 4.29. The van der Waals surface area contributed by atoms with Crippen LogP contribution in [0.25, 0.3) is 41.8 Å². The van der Waals surface area contributed by atoms with Crippen molar-refractivity contribution in [1.29, 1.82) is 0 Å². The minimum Gasteiger partial charge on any atom is -0.357 e. The molecule has 0 amide bonds. The lowest BCUT2D eigenvalue weighted by atomic mass is 9.96. The number of piperidine rings is 1. The second kappa shape index (κ2) is 14.9. The van der Waals surface area contributed by atoms with Gasteiger partial charge in [0.25, 0.3) is 0 Å². The highest BCUT2D eigenvalue weighted by atomic mass is 79.9. The fourth-order valence-corrected chi connectivity index (χ4v) is 9.29. The largest absolute Gasteiger partial charge is 0.357 e. The summed E-state index contributed by atoms with van der Waals surface area (Å²) in [5, 5.41) is 5.75. The zero-order valence-electron chi connectivity index (χ0n) is 29.1. The monoisotopic (exact) mass is 851 g/mol. The van der Waals surface area contributed by atoms with E-state index in [4.69, 9.17) is 9.51 Å². The summed E-state index contributed by atoms with van der Waals surface area (Å²) in [5.41, 5.74) is 3.44. The molecule has 53 heavy (non-hydrogen) atoms. The Hall–Kier alpha value is -4.16. The second-order valence-electron chi connectivity index (χ2n) is 13.0. The number of hydrogen-bond donors (Lipinski definition) is 0. The molecule has 1 saturated heterocycles. The maximum absolute atomic E-state index is 11.7. The number of nitrogens with zero attached hydrogens (tertiary/aromatic N) is 7. The maximum Gasteiger partial charge on any atom is 0.229 e. The van der Waals surface area contributed by atoms with Crippen molar-refractivity contribution in [3.8, 4) is 21.1 Å². The van der Waals surface area contributed by atoms with Crippen LogP contribution in [0.2, 0.25) is 0 Å². The van der Waals surface area contributed by atoms with E-state index >= 15 is 0 Å². The highest BCUT2D eigenvalue weighted by Gasteiger charge is 2.26. The molecule has 0 spiro atoms. The van der Waals surface area contributed by atoms with Gasteiger partial charge in [-0.3, -0.25) is 0 Å². The molecular formula is C36H34BrN7O5S4. The molecule has 8 rings (SSSR count). The van der Waals surface area contributed by atoms with Gasteiger partial charge in [0.15, 0.2) is 25.5 Å². The van der Waals surface area contributed by atoms with Crippen LogP contribution in [-0.4, -0.2) is 72.5 Å². The molecule has 7 aromatic rings. The van der Waals surface area contributed by atoms with Crippen LogP contribution in [0.4, 0.5) is 5.82 Å². The van der Waals surface area contributed by atoms with Crippen LogP contribution in [0, 0.1) is 0 Å². The number of benzene rings is 2. The number of anilines is 1. The molecule has 1 aliphatic heterocycles. The van der Waals surface area contributed by atoms with E-state index in [1.807, 2.05) is 24.3 Å². The van der Waals surface area contributed by atoms with E-state index in [9.17, 15) is 16.8 Å². The molecule has 1 aliphatic rings. The molecule has 5 aromatic heterocycles. The summed E-state index contributed by atoms with van der Waals surface area (Å²) in [5.74, 6) is 3.01. The topological polar surface area (TPSA) is 162 Å². The Morgan fingerprint density at radius 2 is 1.21 bits per heavy atom. The first-order valence-corrected chi connectivity index (χ1v) is 22.8. The summed E-state index contributed by atoms with van der Waals surface area (Å²) in [4.78, 5) is 27.6. The average Bonchev–Trinajstić information content (AvgIpc) is 3.90. The van der Waals surface area contributed by atoms with Crippen LogP contribution in [0.3, 0.4) is 0 Å². The molecule has 12 nitrogen and oxygen atoms in total. The van der Waals surface area contributed by atoms with Crippen molar-refractivity contribution in [2.24, 2.45) is 0 Å². The van der Waals surface area contributed by atoms with Crippen molar-refractivity contribution >= 4 is 84.8 Å². The van der Waals surface area contributed by atoms with Gasteiger partial charge < -0.3 is 9.42 Å². The van der Waals surface area contributed by atoms with Crippen LogP contribution < -0.4 is 4.90 Å². The Balaban J connectivity index is 0.000000186. The highest BCUT2D eigenvalue weighted by Crippen LogP contribution is 2.34. The molecule has 2 aromatic carbocycles. The van der Waals surface area contributed by atoms with Crippen LogP contribution in [0.5, 0.6) is 0 Å². The van der Waals surface area contributed by atoms with Gasteiger partial charge in [-0.05, 0) is 77.3 Å². The minimum absolute atomic E-state index is 0.264. The summed E-state index contributed by atoms with van der Waals surface area (Å²) < 4.78 is 52.5. The molecule has 0 atom stereocenters. The molecule has 6 heterocycles. The first-order valence-electron chi connectivity index (χ1n) is 16.6. The van der Waals surface area contributed by atoms with Gasteiger partial charge in [-0.25, -0.2) is 36.8 Å². The normalized spacial score (nSPS) is 14.2. The quantitative estimate of drug-likeness (QED) is 0.142. The molecule has 0 bridgehead atoms. The second-order valence-corrected chi connectivity index (χ2v) is 19.8. The molecule has 0 aliphatic carbocycles. The van der Waals surface area contributed by atoms with Crippen LogP contribution in [0.15, 0.2) is 91.7 Å². The maximum atomic E-state index is 11.7. The van der Waals surface area contributed by atoms with Gasteiger partial charge in [0.1, 0.15) is 41.1 Å². The Morgan fingerprint density at radius 1 is 0.698 bits per heavy atom. The van der Waals surface area contributed by atoms with Gasteiger partial charge in [0.05, 0.1) is 9.79 Å². The number of pyridine rings is 2. The van der Waals surface area contributed by atoms with Crippen molar-refractivity contribution in [3.63, 3.8) is 0 Å². The smallest absolute Gasteiger partial charge is 0.229 e. The van der Waals surface area contributed by atoms with E-state index in [-0.39, 0.29) is 11.8 Å². The lowest BCUT2D eigenvalue weighted by Crippen LogP contribution is -2.33. The fraction of sp³-hybridized carbons (Fsp3) is 0.278. The summed E-state index contributed by atoms with van der Waals surface area (Å²) >= 11 is 6.32. The molecule has 17 heteroatoms. The highest BCUT2D eigenvalue weighted by molar-refractivity contribution is 9.10. The van der Waals surface area contributed by atoms with Crippen molar-refractivity contribution in [1.82, 2.24) is 30.1 Å². The Morgan fingerprint density at radius 3 is 1.70 bits per heavy atom. The third-order valence-electron chi connectivity index (χ3n) is 8.66. The molecular weight excluding hydrogens is 819 g/mol. The van der Waals surface area contributed by atoms with E-state index in [2.05, 4.69) is 59.8 Å². The summed E-state index contributed by atoms with van der Waals surface area (Å²) in [7, 11) is -6.38. The number of aromatic nitrogens is 6. The zero-order chi connectivity index (χ0) is 37.5. The molecule has 0 saturated carbocycles. The molecule has 0 N–H and O–H groups in total. The first-order chi connectivity index (χ1) is 25.2. The Labute approximate surface area is 323 Å². The number of halogens is 1. The molecule has 1 fully saturated rings. The zero-order valence-corrected chi connectivity index (χ0v) is 33.9. The lowest BCUT2D eigenvalue weighted by molar-refractivity contribution is 0.325. The van der Waals surface area contributed by atoms with Gasteiger partial charge in [0, 0.05) is 48.6 Å². The molecule has 274 valence electrons. The van der Waals surface area contributed by atoms with Gasteiger partial charge in [-0.1, -0.05) is 65.9 Å². The average molecular weight is 853 g/mol. The third kappa shape index (κ3) is 8.49. The number of rotatable bonds is 7. The summed E-state index contributed by atoms with van der Waals surface area (Å²) in [6.45, 7) is 5.88. The number of hydrogen-bond acceptors (Lipinski definition) is 14. The van der Waals surface area contributed by atoms with Gasteiger partial charge >= 0.3 is 0 Å². The van der Waals surface area contributed by atoms with Gasteiger partial charge in [-0.15, -0.1) is 0 Å². The first kappa shape index (κ1) is 37.2. The SMILES string of the molecule is CC(C)c1noc(C2CCN(c3ccc4nc(-c5ccc(S(C)(=O)=O)cc5)sc4n3)CC2)n1.CS(=O)(=O)c1ccc(-c2nc3ccc(Br)nc3s2)cc1. The van der Waals surface area contributed by atoms with E-state index in [1.165, 1.54) is 35.2 Å². The van der Waals surface area contributed by atoms with E-state index in [0.29, 0.717) is 9.79 Å². The van der Waals surface area contributed by atoms with Gasteiger partial charge in [-0.2, -0.15) is 4.98 Å². The molecule has 0 radical (unpaired) electrons. The standard InChI is InChI=1S/C23H25N5O3S2.C13H9BrN2O2S2/c1-14(2)20-26-21(31-27-20)15-10-12-28(13-11-15)19-9-8-18-23(25-19)32-22(24-18)16-4-6-17(7-5-16)33(3,29)30;1-20(17,18)9-4-2-8(3-5-9)12-15-10-6-7-11(14)16-13(10)19-12/h4-9,14-15H,10-13H2,1-3H3;2-7H,1H3. The van der Waals surface area contributed by atoms with Crippen LogP contribution in [0.1, 0.15) is 50.2 Å². The van der Waals surface area contributed by atoms with Crippen molar-refractivity contribution < 1.29 is 21.4 Å². The predicted molar refractivity (Wildman–Crippen MR) is 212 cm³/mol. The van der Waals surface area contributed by atoms with E-state index < -0.39 is 19.7 Å². The van der Waals surface area contributed by atoms with E-state index in [1.54, 1.807) is 48.5 Å². The van der Waals surface area contributed by atoms with Gasteiger partial charge in [0.2, 0.25) is 5.89 Å². The molecule has 0 unspecified atom stereocenters. The van der Waals surface area contributed by atoms with Crippen molar-refractivity contribution in [2.75, 3.05) is 30.5 Å². The Kier molecular flexibility index (Phi) is 10.5. The van der Waals surface area contributed by atoms with Crippen molar-refractivity contribution in [3.05, 3.63) is 89.1 Å². The Bertz CT molecular complexity index is 2630. The fourth-order valence-electron chi connectivity index (χ4n) is 5.72. The predicted octanol–water partition coefficient (Wildman–Crippen LogP) is 8.18. The third-order valence-corrected chi connectivity index (χ3v) is 13.4. The van der Waals surface area contributed by atoms with Crippen molar-refractivity contribution in [2.45, 2.75) is 48.3 Å². The summed E-state index contributed by atoms with van der Waals surface area (Å²) in [6, 6.07) is 21.3.